The molecule has 1 spiro atoms. The molecule has 1 aliphatic heterocycles. The zero-order valence-electron chi connectivity index (χ0n) is 21.4. The third-order valence-electron chi connectivity index (χ3n) is 8.67. The van der Waals surface area contributed by atoms with Crippen molar-refractivity contribution >= 4 is 11.8 Å². The van der Waals surface area contributed by atoms with Crippen LogP contribution in [0, 0.1) is 24.1 Å². The van der Waals surface area contributed by atoms with Gasteiger partial charge in [-0.1, -0.05) is 18.2 Å². The Balaban J connectivity index is 1.11. The lowest BCUT2D eigenvalue weighted by atomic mass is 9.72. The zero-order chi connectivity index (χ0) is 25.3. The fraction of sp³-hybridized carbons (Fsp3) is 0.533. The summed E-state index contributed by atoms with van der Waals surface area (Å²) in [7, 11) is 1.69. The summed E-state index contributed by atoms with van der Waals surface area (Å²) in [5.41, 5.74) is 4.22. The fourth-order valence-corrected chi connectivity index (χ4v) is 6.62. The van der Waals surface area contributed by atoms with Crippen molar-refractivity contribution in [3.8, 4) is 5.75 Å². The van der Waals surface area contributed by atoms with Crippen LogP contribution in [0.4, 0.5) is 4.39 Å². The van der Waals surface area contributed by atoms with E-state index in [1.54, 1.807) is 7.11 Å². The summed E-state index contributed by atoms with van der Waals surface area (Å²) < 4.78 is 19.3. The van der Waals surface area contributed by atoms with E-state index in [0.717, 1.165) is 81.3 Å². The number of carbonyl (C=O) groups is 2. The van der Waals surface area contributed by atoms with Crippen LogP contribution in [-0.2, 0) is 28.9 Å². The number of hydrogen-bond donors (Lipinski definition) is 1. The van der Waals surface area contributed by atoms with Crippen LogP contribution in [0.2, 0.25) is 0 Å². The molecule has 0 bridgehead atoms. The lowest BCUT2D eigenvalue weighted by Gasteiger charge is -2.38. The Labute approximate surface area is 213 Å². The van der Waals surface area contributed by atoms with Gasteiger partial charge in [0.15, 0.2) is 0 Å². The van der Waals surface area contributed by atoms with Gasteiger partial charge >= 0.3 is 0 Å². The van der Waals surface area contributed by atoms with Crippen LogP contribution in [0.25, 0.3) is 0 Å². The molecule has 2 fully saturated rings. The molecule has 6 heteroatoms. The number of rotatable bonds is 5. The van der Waals surface area contributed by atoms with Crippen molar-refractivity contribution in [2.24, 2.45) is 11.3 Å². The second kappa shape index (κ2) is 10.2. The largest absolute Gasteiger partial charge is 0.496 e. The Bertz CT molecular complexity index is 1100. The maximum atomic E-state index is 13.7. The second-order valence-electron chi connectivity index (χ2n) is 11.2. The van der Waals surface area contributed by atoms with Gasteiger partial charge in [0.2, 0.25) is 11.8 Å². The molecule has 0 radical (unpaired) electrons. The highest BCUT2D eigenvalue weighted by atomic mass is 19.1. The van der Waals surface area contributed by atoms with Crippen molar-refractivity contribution < 1.29 is 18.7 Å². The van der Waals surface area contributed by atoms with E-state index in [0.29, 0.717) is 0 Å². The smallest absolute Gasteiger partial charge is 0.227 e. The van der Waals surface area contributed by atoms with Gasteiger partial charge < -0.3 is 15.0 Å². The number of hydrogen-bond acceptors (Lipinski definition) is 3. The highest BCUT2D eigenvalue weighted by Crippen LogP contribution is 2.44. The topological polar surface area (TPSA) is 58.6 Å². The molecule has 5 rings (SSSR count). The number of ether oxygens (including phenoxy) is 1. The number of fused-ring (bicyclic) bond motifs is 1. The summed E-state index contributed by atoms with van der Waals surface area (Å²) in [6.07, 6.45) is 7.78. The first kappa shape index (κ1) is 24.8. The van der Waals surface area contributed by atoms with Crippen molar-refractivity contribution in [2.75, 3.05) is 20.2 Å². The number of methoxy groups -OCH3 is 1. The first-order valence-electron chi connectivity index (χ1n) is 13.3. The van der Waals surface area contributed by atoms with Crippen molar-refractivity contribution in [3.63, 3.8) is 0 Å². The Hall–Kier alpha value is -2.89. The molecule has 0 aromatic heterocycles. The second-order valence-corrected chi connectivity index (χ2v) is 11.2. The van der Waals surface area contributed by atoms with Gasteiger partial charge in [-0.2, -0.15) is 0 Å². The molecular weight excluding hydrogens is 455 g/mol. The van der Waals surface area contributed by atoms with Gasteiger partial charge in [-0.3, -0.25) is 9.59 Å². The average Bonchev–Trinajstić information content (AvgIpc) is 3.28. The van der Waals surface area contributed by atoms with Gasteiger partial charge in [0.1, 0.15) is 11.6 Å². The lowest BCUT2D eigenvalue weighted by Crippen LogP contribution is -2.45. The molecule has 2 aliphatic carbocycles. The lowest BCUT2D eigenvalue weighted by molar-refractivity contribution is -0.130. The first-order chi connectivity index (χ1) is 17.3. The minimum atomic E-state index is -0.285. The van der Waals surface area contributed by atoms with E-state index in [9.17, 15) is 14.0 Å². The fourth-order valence-electron chi connectivity index (χ4n) is 6.62. The SMILES string of the molecule is COc1cccc2c1CC(C(=O)NC1CCC3(CC1)CCN(C(=O)Cc1cc(C)cc(F)c1)C3)CC2. The van der Waals surface area contributed by atoms with Crippen LogP contribution in [0.1, 0.15) is 60.8 Å². The summed E-state index contributed by atoms with van der Waals surface area (Å²) in [5, 5.41) is 3.34. The van der Waals surface area contributed by atoms with Crippen LogP contribution >= 0.6 is 0 Å². The van der Waals surface area contributed by atoms with Gasteiger partial charge in [-0.25, -0.2) is 4.39 Å². The van der Waals surface area contributed by atoms with Crippen molar-refractivity contribution in [2.45, 2.75) is 70.8 Å². The molecular formula is C30H37FN2O3. The first-order valence-corrected chi connectivity index (χ1v) is 13.3. The highest BCUT2D eigenvalue weighted by Gasteiger charge is 2.42. The molecule has 3 aliphatic rings. The van der Waals surface area contributed by atoms with E-state index in [1.807, 2.05) is 30.0 Å². The van der Waals surface area contributed by atoms with Gasteiger partial charge in [-0.15, -0.1) is 0 Å². The van der Waals surface area contributed by atoms with Crippen molar-refractivity contribution in [3.05, 3.63) is 64.5 Å². The normalized spacial score (nSPS) is 25.5. The number of likely N-dealkylation sites (tertiary alicyclic amines) is 1. The summed E-state index contributed by atoms with van der Waals surface area (Å²) in [6, 6.07) is 11.2. The molecule has 1 saturated heterocycles. The highest BCUT2D eigenvalue weighted by molar-refractivity contribution is 5.80. The standard InChI is InChI=1S/C30H37FN2O3/c1-20-14-21(16-24(31)15-20)17-28(34)33-13-12-30(19-33)10-8-25(9-11-30)32-29(35)23-7-6-22-4-3-5-27(36-2)26(22)18-23/h3-5,14-16,23,25H,6-13,17-19H2,1-2H3,(H,32,35). The number of benzene rings is 2. The molecule has 1 saturated carbocycles. The number of carbonyl (C=O) groups excluding carboxylic acids is 2. The predicted molar refractivity (Wildman–Crippen MR) is 137 cm³/mol. The Kier molecular flexibility index (Phi) is 7.05. The summed E-state index contributed by atoms with van der Waals surface area (Å²) in [6.45, 7) is 3.40. The number of nitrogens with one attached hydrogen (secondary N) is 1. The molecule has 192 valence electrons. The number of nitrogens with zero attached hydrogens (tertiary/aromatic N) is 1. The van der Waals surface area contributed by atoms with Gasteiger partial charge in [0, 0.05) is 25.0 Å². The van der Waals surface area contributed by atoms with E-state index < -0.39 is 0 Å². The number of aryl methyl sites for hydroxylation is 2. The molecule has 2 aromatic carbocycles. The monoisotopic (exact) mass is 492 g/mol. The van der Waals surface area contributed by atoms with E-state index in [2.05, 4.69) is 11.4 Å². The van der Waals surface area contributed by atoms with Crippen LogP contribution in [0.3, 0.4) is 0 Å². The molecule has 1 atom stereocenters. The Morgan fingerprint density at radius 1 is 1.14 bits per heavy atom. The van der Waals surface area contributed by atoms with E-state index >= 15 is 0 Å². The average molecular weight is 493 g/mol. The Morgan fingerprint density at radius 2 is 1.94 bits per heavy atom. The minimum Gasteiger partial charge on any atom is -0.496 e. The summed E-state index contributed by atoms with van der Waals surface area (Å²) in [4.78, 5) is 28.0. The van der Waals surface area contributed by atoms with Crippen molar-refractivity contribution in [1.29, 1.82) is 0 Å². The summed E-state index contributed by atoms with van der Waals surface area (Å²) >= 11 is 0. The maximum absolute atomic E-state index is 13.7. The van der Waals surface area contributed by atoms with Crippen LogP contribution in [-0.4, -0.2) is 43.0 Å². The molecule has 5 nitrogen and oxygen atoms in total. The maximum Gasteiger partial charge on any atom is 0.227 e. The van der Waals surface area contributed by atoms with Crippen LogP contribution in [0.15, 0.2) is 36.4 Å². The van der Waals surface area contributed by atoms with Gasteiger partial charge in [0.25, 0.3) is 0 Å². The minimum absolute atomic E-state index is 0.00394. The van der Waals surface area contributed by atoms with E-state index in [-0.39, 0.29) is 41.4 Å². The quantitative estimate of drug-likeness (QED) is 0.654. The molecule has 1 heterocycles. The van der Waals surface area contributed by atoms with E-state index in [1.165, 1.54) is 23.3 Å². The molecule has 1 unspecified atom stereocenters. The van der Waals surface area contributed by atoms with Crippen LogP contribution < -0.4 is 10.1 Å². The van der Waals surface area contributed by atoms with Gasteiger partial charge in [-0.05, 0) is 104 Å². The number of halogens is 1. The number of amides is 2. The molecule has 1 N–H and O–H groups in total. The molecule has 36 heavy (non-hydrogen) atoms. The third kappa shape index (κ3) is 5.28. The predicted octanol–water partition coefficient (Wildman–Crippen LogP) is 4.77. The van der Waals surface area contributed by atoms with Gasteiger partial charge in [0.05, 0.1) is 13.5 Å². The van der Waals surface area contributed by atoms with E-state index in [4.69, 9.17) is 4.74 Å². The zero-order valence-corrected chi connectivity index (χ0v) is 21.4. The third-order valence-corrected chi connectivity index (χ3v) is 8.67. The molecule has 2 amide bonds. The summed E-state index contributed by atoms with van der Waals surface area (Å²) in [5.74, 6) is 0.849. The van der Waals surface area contributed by atoms with Crippen molar-refractivity contribution in [1.82, 2.24) is 10.2 Å². The molecule has 2 aromatic rings. The Morgan fingerprint density at radius 3 is 2.69 bits per heavy atom. The van der Waals surface area contributed by atoms with Crippen LogP contribution in [0.5, 0.6) is 5.75 Å².